The van der Waals surface area contributed by atoms with Crippen LogP contribution in [0.3, 0.4) is 0 Å². The van der Waals surface area contributed by atoms with Gasteiger partial charge in [0, 0.05) is 11.6 Å². The molecule has 2 aromatic heterocycles. The van der Waals surface area contributed by atoms with Crippen LogP contribution in [0.4, 0.5) is 18.3 Å². The average Bonchev–Trinajstić information content (AvgIpc) is 2.74. The number of hydrogen-bond acceptors (Lipinski definition) is 4. The smallest absolute Gasteiger partial charge is 0.375 e. The van der Waals surface area contributed by atoms with Crippen LogP contribution in [-0.2, 0) is 12.7 Å². The van der Waals surface area contributed by atoms with Gasteiger partial charge in [-0.3, -0.25) is 4.68 Å². The van der Waals surface area contributed by atoms with Crippen molar-refractivity contribution in [2.45, 2.75) is 12.7 Å². The number of rotatable bonds is 2. The van der Waals surface area contributed by atoms with E-state index in [1.54, 1.807) is 5.38 Å². The lowest BCUT2D eigenvalue weighted by Crippen LogP contribution is -2.04. The van der Waals surface area contributed by atoms with Gasteiger partial charge in [0.05, 0.1) is 24.0 Å². The van der Waals surface area contributed by atoms with Gasteiger partial charge in [-0.25, -0.2) is 4.98 Å². The molecule has 8 heteroatoms. The third kappa shape index (κ3) is 2.32. The number of nitrogens with zero attached hydrogens (tertiary/aromatic N) is 3. The highest BCUT2D eigenvalue weighted by atomic mass is 32.1. The van der Waals surface area contributed by atoms with Crippen molar-refractivity contribution >= 4 is 16.5 Å². The van der Waals surface area contributed by atoms with Crippen LogP contribution in [0, 0.1) is 0 Å². The number of anilines is 1. The first-order valence-corrected chi connectivity index (χ1v) is 5.12. The van der Waals surface area contributed by atoms with Crippen molar-refractivity contribution in [3.8, 4) is 0 Å². The molecule has 2 aromatic rings. The van der Waals surface area contributed by atoms with Crippen LogP contribution < -0.4 is 5.73 Å². The molecule has 2 N–H and O–H groups in total. The topological polar surface area (TPSA) is 56.7 Å². The molecule has 0 aliphatic rings. The van der Waals surface area contributed by atoms with Crippen molar-refractivity contribution in [2.24, 2.45) is 0 Å². The fourth-order valence-corrected chi connectivity index (χ4v) is 1.71. The molecule has 0 aliphatic heterocycles. The molecule has 0 amide bonds. The number of thiazole rings is 1. The Morgan fingerprint density at radius 2 is 2.19 bits per heavy atom. The van der Waals surface area contributed by atoms with Crippen molar-refractivity contribution in [3.63, 3.8) is 0 Å². The summed E-state index contributed by atoms with van der Waals surface area (Å²) < 4.78 is 37.9. The van der Waals surface area contributed by atoms with E-state index in [1.165, 1.54) is 16.0 Å². The van der Waals surface area contributed by atoms with Crippen LogP contribution in [0.2, 0.25) is 0 Å². The second-order valence-electron chi connectivity index (χ2n) is 3.10. The van der Waals surface area contributed by atoms with E-state index in [1.807, 2.05) is 0 Å². The predicted octanol–water partition coefficient (Wildman–Crippen LogP) is 1.99. The molecule has 0 fully saturated rings. The molecule has 86 valence electrons. The molecular weight excluding hydrogens is 241 g/mol. The van der Waals surface area contributed by atoms with Gasteiger partial charge in [0.1, 0.15) is 0 Å². The maximum absolute atomic E-state index is 12.3. The minimum Gasteiger partial charge on any atom is -0.375 e. The van der Waals surface area contributed by atoms with E-state index >= 15 is 0 Å². The first-order chi connectivity index (χ1) is 7.45. The molecule has 0 saturated heterocycles. The van der Waals surface area contributed by atoms with Gasteiger partial charge < -0.3 is 5.73 Å². The molecule has 16 heavy (non-hydrogen) atoms. The maximum atomic E-state index is 12.3. The van der Waals surface area contributed by atoms with Crippen LogP contribution in [0.1, 0.15) is 11.3 Å². The van der Waals surface area contributed by atoms with Gasteiger partial charge in [0.2, 0.25) is 0 Å². The number of nitrogens with two attached hydrogens (primary N) is 1. The Kier molecular flexibility index (Phi) is 2.58. The summed E-state index contributed by atoms with van der Waals surface area (Å²) in [5, 5.41) is 5.68. The monoisotopic (exact) mass is 248 g/mol. The van der Waals surface area contributed by atoms with Gasteiger partial charge in [0.15, 0.2) is 5.13 Å². The summed E-state index contributed by atoms with van der Waals surface area (Å²) in [6.45, 7) is 0.184. The lowest BCUT2D eigenvalue weighted by atomic mass is 10.3. The number of nitrogen functional groups attached to an aromatic ring is 1. The Morgan fingerprint density at radius 1 is 1.44 bits per heavy atom. The summed E-state index contributed by atoms with van der Waals surface area (Å²) >= 11 is 1.24. The predicted molar refractivity (Wildman–Crippen MR) is 52.9 cm³/mol. The van der Waals surface area contributed by atoms with Gasteiger partial charge in [-0.2, -0.15) is 18.3 Å². The molecular formula is C8H7F3N4S. The van der Waals surface area contributed by atoms with Crippen LogP contribution in [-0.4, -0.2) is 14.8 Å². The molecule has 0 bridgehead atoms. The molecule has 0 spiro atoms. The molecule has 2 heterocycles. The van der Waals surface area contributed by atoms with Crippen molar-refractivity contribution in [3.05, 3.63) is 29.0 Å². The number of hydrogen-bond donors (Lipinski definition) is 1. The van der Waals surface area contributed by atoms with Crippen molar-refractivity contribution in [2.75, 3.05) is 5.73 Å². The van der Waals surface area contributed by atoms with Crippen LogP contribution in [0.25, 0.3) is 0 Å². The summed E-state index contributed by atoms with van der Waals surface area (Å²) in [5.74, 6) is 0. The number of alkyl halides is 3. The molecule has 2 rings (SSSR count). The van der Waals surface area contributed by atoms with Crippen molar-refractivity contribution < 1.29 is 13.2 Å². The van der Waals surface area contributed by atoms with E-state index < -0.39 is 11.7 Å². The Hall–Kier alpha value is -1.57. The summed E-state index contributed by atoms with van der Waals surface area (Å²) in [4.78, 5) is 3.93. The second-order valence-corrected chi connectivity index (χ2v) is 3.99. The molecule has 0 aliphatic carbocycles. The zero-order valence-electron chi connectivity index (χ0n) is 7.90. The summed E-state index contributed by atoms with van der Waals surface area (Å²) in [7, 11) is 0. The summed E-state index contributed by atoms with van der Waals surface area (Å²) in [6, 6.07) is 0. The van der Waals surface area contributed by atoms with E-state index in [-0.39, 0.29) is 6.54 Å². The highest BCUT2D eigenvalue weighted by Crippen LogP contribution is 2.28. The van der Waals surface area contributed by atoms with Crippen LogP contribution >= 0.6 is 11.3 Å². The zero-order valence-corrected chi connectivity index (χ0v) is 8.72. The molecule has 0 atom stereocenters. The van der Waals surface area contributed by atoms with Gasteiger partial charge in [-0.1, -0.05) is 0 Å². The quantitative estimate of drug-likeness (QED) is 0.884. The van der Waals surface area contributed by atoms with Gasteiger partial charge in [0.25, 0.3) is 0 Å². The average molecular weight is 248 g/mol. The SMILES string of the molecule is Nc1nc(Cn2cc(C(F)(F)F)cn2)cs1. The summed E-state index contributed by atoms with van der Waals surface area (Å²) in [5.41, 5.74) is 5.23. The van der Waals surface area contributed by atoms with E-state index in [2.05, 4.69) is 10.1 Å². The van der Waals surface area contributed by atoms with Crippen LogP contribution in [0.15, 0.2) is 17.8 Å². The minimum atomic E-state index is -4.36. The van der Waals surface area contributed by atoms with Gasteiger partial charge in [-0.15, -0.1) is 11.3 Å². The molecule has 4 nitrogen and oxygen atoms in total. The Balaban J connectivity index is 2.14. The zero-order chi connectivity index (χ0) is 11.8. The molecule has 0 unspecified atom stereocenters. The Morgan fingerprint density at radius 3 is 2.69 bits per heavy atom. The van der Waals surface area contributed by atoms with E-state index in [0.29, 0.717) is 10.8 Å². The first kappa shape index (κ1) is 10.9. The van der Waals surface area contributed by atoms with E-state index in [0.717, 1.165) is 12.4 Å². The standard InChI is InChI=1S/C8H7F3N4S/c9-8(10,11)5-1-13-15(2-5)3-6-4-16-7(12)14-6/h1-2,4H,3H2,(H2,12,14). The summed E-state index contributed by atoms with van der Waals surface area (Å²) in [6.07, 6.45) is -2.63. The minimum absolute atomic E-state index is 0.184. The van der Waals surface area contributed by atoms with E-state index in [4.69, 9.17) is 5.73 Å². The third-order valence-electron chi connectivity index (χ3n) is 1.85. The maximum Gasteiger partial charge on any atom is 0.419 e. The second kappa shape index (κ2) is 3.78. The largest absolute Gasteiger partial charge is 0.419 e. The van der Waals surface area contributed by atoms with Crippen LogP contribution in [0.5, 0.6) is 0 Å². The Bertz CT molecular complexity index is 487. The highest BCUT2D eigenvalue weighted by Gasteiger charge is 2.32. The van der Waals surface area contributed by atoms with Crippen molar-refractivity contribution in [1.82, 2.24) is 14.8 Å². The fraction of sp³-hybridized carbons (Fsp3) is 0.250. The number of aromatic nitrogens is 3. The lowest BCUT2D eigenvalue weighted by Gasteiger charge is -2.00. The molecule has 0 aromatic carbocycles. The highest BCUT2D eigenvalue weighted by molar-refractivity contribution is 7.13. The Labute approximate surface area is 92.5 Å². The third-order valence-corrected chi connectivity index (χ3v) is 2.58. The van der Waals surface area contributed by atoms with Gasteiger partial charge >= 0.3 is 6.18 Å². The molecule has 0 saturated carbocycles. The first-order valence-electron chi connectivity index (χ1n) is 4.24. The van der Waals surface area contributed by atoms with E-state index in [9.17, 15) is 13.2 Å². The molecule has 0 radical (unpaired) electrons. The lowest BCUT2D eigenvalue weighted by molar-refractivity contribution is -0.137. The number of halogens is 3. The van der Waals surface area contributed by atoms with Gasteiger partial charge in [-0.05, 0) is 0 Å². The fourth-order valence-electron chi connectivity index (χ4n) is 1.16. The normalized spacial score (nSPS) is 11.9. The van der Waals surface area contributed by atoms with Crippen molar-refractivity contribution in [1.29, 1.82) is 0 Å².